The van der Waals surface area contributed by atoms with E-state index >= 15 is 0 Å². The first kappa shape index (κ1) is 10.9. The van der Waals surface area contributed by atoms with Crippen LogP contribution in [0.5, 0.6) is 11.5 Å². The minimum Gasteiger partial charge on any atom is -0.503 e. The molecular formula is C13H14N2O4. The highest BCUT2D eigenvalue weighted by atomic mass is 16.3. The number of rotatable bonds is 0. The lowest BCUT2D eigenvalue weighted by Gasteiger charge is -2.40. The van der Waals surface area contributed by atoms with E-state index in [1.54, 1.807) is 0 Å². The molecule has 4 rings (SSSR count). The van der Waals surface area contributed by atoms with Crippen molar-refractivity contribution in [1.29, 1.82) is 0 Å². The van der Waals surface area contributed by atoms with Crippen LogP contribution in [0.4, 0.5) is 0 Å². The smallest absolute Gasteiger partial charge is 0.275 e. The molecule has 2 bridgehead atoms. The van der Waals surface area contributed by atoms with E-state index in [4.69, 9.17) is 0 Å². The summed E-state index contributed by atoms with van der Waals surface area (Å²) >= 11 is 0. The van der Waals surface area contributed by atoms with Crippen LogP contribution in [0.3, 0.4) is 0 Å². The van der Waals surface area contributed by atoms with Crippen molar-refractivity contribution in [3.8, 4) is 11.5 Å². The maximum atomic E-state index is 12.5. The van der Waals surface area contributed by atoms with E-state index in [1.807, 2.05) is 4.90 Å². The average molecular weight is 262 g/mol. The Kier molecular flexibility index (Phi) is 1.90. The minimum atomic E-state index is -0.873. The molecule has 1 saturated heterocycles. The zero-order valence-electron chi connectivity index (χ0n) is 10.2. The van der Waals surface area contributed by atoms with Crippen LogP contribution in [0, 0.1) is 5.92 Å². The van der Waals surface area contributed by atoms with Crippen LogP contribution in [0.2, 0.25) is 0 Å². The number of piperidine rings is 1. The third-order valence-corrected chi connectivity index (χ3v) is 4.80. The van der Waals surface area contributed by atoms with Gasteiger partial charge in [-0.15, -0.1) is 0 Å². The number of hydrogen-bond acceptors (Lipinski definition) is 4. The molecule has 2 N–H and O–H groups in total. The van der Waals surface area contributed by atoms with Crippen LogP contribution in [0.25, 0.3) is 0 Å². The molecule has 1 aliphatic carbocycles. The zero-order chi connectivity index (χ0) is 13.3. The first-order valence-electron chi connectivity index (χ1n) is 6.56. The second-order valence-electron chi connectivity index (χ2n) is 5.70. The van der Waals surface area contributed by atoms with Crippen LogP contribution in [-0.2, 0) is 6.54 Å². The number of fused-ring (bicyclic) bond motifs is 6. The standard InChI is InChI=1S/C13H14N2O4/c16-9-5-14-4-8-6-1-2-7(3-6)15(8)13(19)10(14)12(18)11(9)17/h5-8,16,18H,1-4H2/t6-,7+,8+/m1/s1. The van der Waals surface area contributed by atoms with Gasteiger partial charge in [-0.1, -0.05) is 0 Å². The Morgan fingerprint density at radius 1 is 1.21 bits per heavy atom. The molecule has 0 spiro atoms. The molecule has 19 heavy (non-hydrogen) atoms. The summed E-state index contributed by atoms with van der Waals surface area (Å²) in [6.45, 7) is 0.545. The predicted molar refractivity (Wildman–Crippen MR) is 65.1 cm³/mol. The molecule has 0 aromatic carbocycles. The Balaban J connectivity index is 1.91. The molecule has 2 fully saturated rings. The van der Waals surface area contributed by atoms with Crippen LogP contribution in [0.15, 0.2) is 11.0 Å². The van der Waals surface area contributed by atoms with Gasteiger partial charge in [0.2, 0.25) is 0 Å². The van der Waals surface area contributed by atoms with Gasteiger partial charge in [-0.2, -0.15) is 0 Å². The molecule has 100 valence electrons. The van der Waals surface area contributed by atoms with Gasteiger partial charge in [0, 0.05) is 12.6 Å². The molecule has 1 saturated carbocycles. The van der Waals surface area contributed by atoms with Gasteiger partial charge in [-0.05, 0) is 25.2 Å². The fourth-order valence-corrected chi connectivity index (χ4v) is 3.97. The van der Waals surface area contributed by atoms with Gasteiger partial charge in [0.15, 0.2) is 17.2 Å². The van der Waals surface area contributed by atoms with E-state index in [-0.39, 0.29) is 23.7 Å². The van der Waals surface area contributed by atoms with E-state index in [9.17, 15) is 19.8 Å². The largest absolute Gasteiger partial charge is 0.503 e. The summed E-state index contributed by atoms with van der Waals surface area (Å²) in [6.07, 6.45) is 4.42. The molecule has 3 heterocycles. The van der Waals surface area contributed by atoms with E-state index < -0.39 is 16.9 Å². The Hall–Kier alpha value is -1.98. The number of carbonyl (C=O) groups is 1. The van der Waals surface area contributed by atoms with Crippen LogP contribution < -0.4 is 5.43 Å². The van der Waals surface area contributed by atoms with Crippen LogP contribution in [0.1, 0.15) is 29.8 Å². The Morgan fingerprint density at radius 3 is 2.79 bits per heavy atom. The fraction of sp³-hybridized carbons (Fsp3) is 0.538. The van der Waals surface area contributed by atoms with Gasteiger partial charge in [0.25, 0.3) is 11.3 Å². The van der Waals surface area contributed by atoms with Crippen molar-refractivity contribution in [2.24, 2.45) is 5.92 Å². The molecule has 0 radical (unpaired) electrons. The third-order valence-electron chi connectivity index (χ3n) is 4.80. The molecule has 6 nitrogen and oxygen atoms in total. The van der Waals surface area contributed by atoms with Gasteiger partial charge >= 0.3 is 0 Å². The summed E-state index contributed by atoms with van der Waals surface area (Å²) in [5.74, 6) is -0.916. The van der Waals surface area contributed by atoms with Gasteiger partial charge in [0.1, 0.15) is 0 Å². The number of hydrogen-bond donors (Lipinski definition) is 2. The summed E-state index contributed by atoms with van der Waals surface area (Å²) in [4.78, 5) is 25.9. The summed E-state index contributed by atoms with van der Waals surface area (Å²) in [5, 5.41) is 19.3. The van der Waals surface area contributed by atoms with Crippen molar-refractivity contribution >= 4 is 5.91 Å². The lowest BCUT2D eigenvalue weighted by molar-refractivity contribution is 0.0482. The SMILES string of the molecule is O=C1c2c(O)c(=O)c(O)cn2C[C@H]2[C@@H]3CC[C@@H](C3)N12. The topological polar surface area (TPSA) is 82.8 Å². The quantitative estimate of drug-likeness (QED) is 0.703. The number of aromatic hydroxyl groups is 2. The lowest BCUT2D eigenvalue weighted by atomic mass is 9.96. The van der Waals surface area contributed by atoms with E-state index in [1.165, 1.54) is 10.8 Å². The van der Waals surface area contributed by atoms with Crippen molar-refractivity contribution in [3.63, 3.8) is 0 Å². The molecule has 1 aromatic rings. The normalized spacial score (nSPS) is 31.5. The highest BCUT2D eigenvalue weighted by Gasteiger charge is 2.51. The second kappa shape index (κ2) is 3.31. The van der Waals surface area contributed by atoms with Gasteiger partial charge < -0.3 is 19.7 Å². The lowest BCUT2D eigenvalue weighted by Crippen LogP contribution is -2.51. The van der Waals surface area contributed by atoms with E-state index in [0.29, 0.717) is 12.5 Å². The molecule has 6 heteroatoms. The van der Waals surface area contributed by atoms with Crippen molar-refractivity contribution in [2.75, 3.05) is 0 Å². The number of amides is 1. The van der Waals surface area contributed by atoms with Crippen LogP contribution in [-0.4, -0.2) is 37.7 Å². The van der Waals surface area contributed by atoms with E-state index in [2.05, 4.69) is 0 Å². The first-order chi connectivity index (χ1) is 9.08. The molecule has 3 aliphatic rings. The molecule has 3 atom stereocenters. The highest BCUT2D eigenvalue weighted by molar-refractivity contribution is 5.96. The van der Waals surface area contributed by atoms with Crippen LogP contribution >= 0.6 is 0 Å². The number of carbonyl (C=O) groups excluding carboxylic acids is 1. The van der Waals surface area contributed by atoms with Gasteiger partial charge in [-0.3, -0.25) is 9.59 Å². The Bertz CT molecular complexity index is 651. The summed E-state index contributed by atoms with van der Waals surface area (Å²) in [7, 11) is 0. The van der Waals surface area contributed by atoms with Gasteiger partial charge in [0.05, 0.1) is 12.2 Å². The maximum Gasteiger partial charge on any atom is 0.275 e. The van der Waals surface area contributed by atoms with Crippen molar-refractivity contribution < 1.29 is 15.0 Å². The van der Waals surface area contributed by atoms with E-state index in [0.717, 1.165) is 19.3 Å². The number of aromatic nitrogens is 1. The fourth-order valence-electron chi connectivity index (χ4n) is 3.97. The third kappa shape index (κ3) is 1.21. The zero-order valence-corrected chi connectivity index (χ0v) is 10.2. The number of nitrogens with zero attached hydrogens (tertiary/aromatic N) is 2. The Morgan fingerprint density at radius 2 is 2.00 bits per heavy atom. The van der Waals surface area contributed by atoms with Crippen molar-refractivity contribution in [1.82, 2.24) is 9.47 Å². The molecular weight excluding hydrogens is 248 g/mol. The maximum absolute atomic E-state index is 12.5. The predicted octanol–water partition coefficient (Wildman–Crippen LogP) is 0.266. The molecule has 0 unspecified atom stereocenters. The minimum absolute atomic E-state index is 0.0200. The molecule has 1 aromatic heterocycles. The average Bonchev–Trinajstić information content (AvgIpc) is 2.97. The van der Waals surface area contributed by atoms with Crippen molar-refractivity contribution in [3.05, 3.63) is 22.1 Å². The highest BCUT2D eigenvalue weighted by Crippen LogP contribution is 2.45. The Labute approximate surface area is 108 Å². The summed E-state index contributed by atoms with van der Waals surface area (Å²) in [6, 6.07) is 0.389. The monoisotopic (exact) mass is 262 g/mol. The molecule has 2 aliphatic heterocycles. The second-order valence-corrected chi connectivity index (χ2v) is 5.70. The first-order valence-corrected chi connectivity index (χ1v) is 6.56. The number of pyridine rings is 1. The van der Waals surface area contributed by atoms with Gasteiger partial charge in [-0.25, -0.2) is 0 Å². The summed E-state index contributed by atoms with van der Waals surface area (Å²) in [5.41, 5.74) is -0.853. The molecule has 1 amide bonds. The summed E-state index contributed by atoms with van der Waals surface area (Å²) < 4.78 is 1.52. The van der Waals surface area contributed by atoms with Crippen molar-refractivity contribution in [2.45, 2.75) is 37.9 Å².